The Hall–Kier alpha value is -2.52. The molecule has 1 N–H and O–H groups in total. The van der Waals surface area contributed by atoms with Crippen molar-refractivity contribution >= 4 is 32.5 Å². The van der Waals surface area contributed by atoms with Crippen LogP contribution in [0.1, 0.15) is 18.9 Å². The number of thiazole rings is 1. The zero-order valence-electron chi connectivity index (χ0n) is 16.5. The number of alkyl halides is 3. The van der Waals surface area contributed by atoms with Crippen molar-refractivity contribution in [2.45, 2.75) is 36.9 Å². The number of carbonyl (C=O) groups excluding carboxylic acids is 1. The topological polar surface area (TPSA) is 97.8 Å². The van der Waals surface area contributed by atoms with Crippen LogP contribution in [0.2, 0.25) is 0 Å². The van der Waals surface area contributed by atoms with E-state index in [9.17, 15) is 30.8 Å². The Morgan fingerprint density at radius 1 is 1.34 bits per heavy atom. The van der Waals surface area contributed by atoms with E-state index in [-0.39, 0.29) is 5.75 Å². The van der Waals surface area contributed by atoms with Gasteiger partial charge in [0.15, 0.2) is 16.5 Å². The number of hydrogen-bond donors (Lipinski definition) is 1. The molecule has 2 heterocycles. The summed E-state index contributed by atoms with van der Waals surface area (Å²) >= 11 is 0.460. The molecule has 1 atom stereocenters. The summed E-state index contributed by atoms with van der Waals surface area (Å²) in [6.45, 7) is 3.78. The maximum atomic E-state index is 15.1. The first-order valence-electron chi connectivity index (χ1n) is 8.88. The average Bonchev–Trinajstić information content (AvgIpc) is 3.34. The van der Waals surface area contributed by atoms with Crippen molar-refractivity contribution in [3.63, 3.8) is 0 Å². The zero-order valence-corrected chi connectivity index (χ0v) is 18.1. The lowest BCUT2D eigenvalue weighted by Gasteiger charge is -2.27. The van der Waals surface area contributed by atoms with Crippen LogP contribution in [0.25, 0.3) is 0 Å². The highest BCUT2D eigenvalue weighted by Crippen LogP contribution is 2.36. The molecule has 1 aromatic heterocycles. The first kappa shape index (κ1) is 24.1. The Morgan fingerprint density at radius 3 is 2.56 bits per heavy atom. The first-order valence-corrected chi connectivity index (χ1v) is 11.2. The molecular weight excluding hydrogens is 485 g/mol. The molecule has 1 saturated heterocycles. The van der Waals surface area contributed by atoms with Gasteiger partial charge in [-0.2, -0.15) is 21.6 Å². The van der Waals surface area contributed by atoms with Gasteiger partial charge >= 0.3 is 22.2 Å². The molecule has 0 saturated carbocycles. The lowest BCUT2D eigenvalue weighted by Crippen LogP contribution is -2.39. The Balaban J connectivity index is 2.07. The van der Waals surface area contributed by atoms with Crippen LogP contribution in [0.4, 0.5) is 27.1 Å². The molecule has 32 heavy (non-hydrogen) atoms. The Morgan fingerprint density at radius 2 is 2.03 bits per heavy atom. The molecule has 1 aliphatic rings. The number of benzene rings is 1. The Bertz CT molecular complexity index is 1120. The van der Waals surface area contributed by atoms with Gasteiger partial charge in [-0.1, -0.05) is 4.47 Å². The van der Waals surface area contributed by atoms with Gasteiger partial charge < -0.3 is 14.9 Å². The third kappa shape index (κ3) is 4.63. The summed E-state index contributed by atoms with van der Waals surface area (Å²) in [7, 11) is -5.50. The van der Waals surface area contributed by atoms with Crippen molar-refractivity contribution in [1.29, 1.82) is 0 Å². The Kier molecular flexibility index (Phi) is 6.36. The summed E-state index contributed by atoms with van der Waals surface area (Å²) in [5.41, 5.74) is -1.21. The molecule has 15 heteroatoms. The van der Waals surface area contributed by atoms with Crippen molar-refractivity contribution in [3.05, 3.63) is 34.8 Å². The number of nitrogens with one attached hydrogen (secondary N) is 1. The fraction of sp³-hybridized carbons (Fsp3) is 0.412. The molecule has 0 amide bonds. The Labute approximate surface area is 183 Å². The second kappa shape index (κ2) is 8.44. The molecular formula is C17H16F5N3O5S2. The van der Waals surface area contributed by atoms with Crippen LogP contribution in [0.5, 0.6) is 5.75 Å². The van der Waals surface area contributed by atoms with Gasteiger partial charge in [-0.25, -0.2) is 18.6 Å². The van der Waals surface area contributed by atoms with Crippen LogP contribution in [0, 0.1) is 18.6 Å². The fourth-order valence-corrected chi connectivity index (χ4v) is 5.05. The van der Waals surface area contributed by atoms with E-state index in [0.29, 0.717) is 36.9 Å². The molecule has 3 rings (SSSR count). The van der Waals surface area contributed by atoms with E-state index >= 15 is 4.39 Å². The third-order valence-corrected chi connectivity index (χ3v) is 6.94. The molecule has 0 bridgehead atoms. The SMILES string of the molecule is Cc1c(OC2(C)CCNC2)cc(F)c(S(=O)(=O)N(OC(=O)C(F)(F)F)c2nccs2)c1F. The number of carbonyl (C=O) groups is 1. The molecule has 176 valence electrons. The van der Waals surface area contributed by atoms with Crippen LogP contribution in [-0.2, 0) is 19.7 Å². The van der Waals surface area contributed by atoms with Gasteiger partial charge in [0.05, 0.1) is 0 Å². The molecule has 1 aromatic carbocycles. The molecule has 0 spiro atoms. The minimum absolute atomic E-state index is 0.279. The number of aromatic nitrogens is 1. The van der Waals surface area contributed by atoms with Crippen molar-refractivity contribution in [2.75, 3.05) is 17.6 Å². The molecule has 8 nitrogen and oxygen atoms in total. The van der Waals surface area contributed by atoms with E-state index in [4.69, 9.17) is 4.74 Å². The van der Waals surface area contributed by atoms with Gasteiger partial charge in [0.1, 0.15) is 11.4 Å². The number of hydrogen-bond acceptors (Lipinski definition) is 8. The van der Waals surface area contributed by atoms with Crippen molar-refractivity contribution in [2.24, 2.45) is 0 Å². The second-order valence-corrected chi connectivity index (χ2v) is 9.59. The number of anilines is 1. The molecule has 1 unspecified atom stereocenters. The van der Waals surface area contributed by atoms with Crippen LogP contribution in [-0.4, -0.2) is 44.2 Å². The van der Waals surface area contributed by atoms with E-state index in [1.807, 2.05) is 0 Å². The minimum Gasteiger partial charge on any atom is -0.486 e. The van der Waals surface area contributed by atoms with Crippen molar-refractivity contribution in [3.8, 4) is 5.75 Å². The minimum atomic E-state index is -5.58. The number of sulfonamides is 1. The predicted molar refractivity (Wildman–Crippen MR) is 102 cm³/mol. The summed E-state index contributed by atoms with van der Waals surface area (Å²) < 4.78 is 98.9. The number of ether oxygens (including phenoxy) is 1. The normalized spacial score (nSPS) is 19.1. The highest BCUT2D eigenvalue weighted by Gasteiger charge is 2.46. The summed E-state index contributed by atoms with van der Waals surface area (Å²) in [6, 6.07) is 0.612. The summed E-state index contributed by atoms with van der Waals surface area (Å²) in [5, 5.41) is 3.40. The lowest BCUT2D eigenvalue weighted by atomic mass is 10.1. The smallest absolute Gasteiger partial charge is 0.486 e. The predicted octanol–water partition coefficient (Wildman–Crippen LogP) is 3.08. The monoisotopic (exact) mass is 501 g/mol. The van der Waals surface area contributed by atoms with Crippen LogP contribution in [0.15, 0.2) is 22.5 Å². The molecule has 1 aliphatic heterocycles. The van der Waals surface area contributed by atoms with Crippen molar-refractivity contribution < 1.29 is 44.7 Å². The molecule has 1 fully saturated rings. The summed E-state index contributed by atoms with van der Waals surface area (Å²) in [4.78, 5) is 17.1. The third-order valence-electron chi connectivity index (χ3n) is 4.51. The van der Waals surface area contributed by atoms with E-state index in [0.717, 1.165) is 18.5 Å². The van der Waals surface area contributed by atoms with Crippen molar-refractivity contribution in [1.82, 2.24) is 10.3 Å². The highest BCUT2D eigenvalue weighted by atomic mass is 32.2. The van der Waals surface area contributed by atoms with Crippen LogP contribution >= 0.6 is 11.3 Å². The maximum Gasteiger partial charge on any atom is 0.493 e. The largest absolute Gasteiger partial charge is 0.493 e. The maximum absolute atomic E-state index is 15.1. The van der Waals surface area contributed by atoms with Gasteiger partial charge in [0.25, 0.3) is 0 Å². The molecule has 0 radical (unpaired) electrons. The fourth-order valence-electron chi connectivity index (χ4n) is 2.87. The second-order valence-electron chi connectivity index (χ2n) is 7.03. The number of rotatable bonds is 6. The van der Waals surface area contributed by atoms with E-state index < -0.39 is 59.5 Å². The van der Waals surface area contributed by atoms with Gasteiger partial charge in [-0.05, 0) is 20.4 Å². The van der Waals surface area contributed by atoms with E-state index in [2.05, 4.69) is 15.1 Å². The van der Waals surface area contributed by atoms with Gasteiger partial charge in [-0.15, -0.1) is 11.3 Å². The summed E-state index contributed by atoms with van der Waals surface area (Å²) in [5.74, 6) is -6.46. The van der Waals surface area contributed by atoms with E-state index in [1.54, 1.807) is 6.92 Å². The van der Waals surface area contributed by atoms with Gasteiger partial charge in [-0.3, -0.25) is 0 Å². The number of nitrogens with zero attached hydrogens (tertiary/aromatic N) is 2. The van der Waals surface area contributed by atoms with Crippen LogP contribution < -0.4 is 14.5 Å². The van der Waals surface area contributed by atoms with E-state index in [1.165, 1.54) is 0 Å². The number of halogens is 5. The van der Waals surface area contributed by atoms with Gasteiger partial charge in [0, 0.05) is 36.2 Å². The lowest BCUT2D eigenvalue weighted by molar-refractivity contribution is -0.199. The molecule has 2 aromatic rings. The standard InChI is InChI=1S/C17H16F5N3O5S2/c1-9-11(29-16(2)3-4-23-8-16)7-10(18)13(12(9)19)32(27,28)25(15-24-5-6-31-15)30-14(26)17(20,21)22/h5-7,23H,3-4,8H2,1-2H3. The molecule has 0 aliphatic carbocycles. The van der Waals surface area contributed by atoms with Crippen LogP contribution in [0.3, 0.4) is 0 Å². The highest BCUT2D eigenvalue weighted by molar-refractivity contribution is 7.92. The van der Waals surface area contributed by atoms with Gasteiger partial charge in [0.2, 0.25) is 5.13 Å². The average molecular weight is 501 g/mol. The zero-order chi connectivity index (χ0) is 23.9. The summed E-state index contributed by atoms with van der Waals surface area (Å²) in [6.07, 6.45) is -4.07. The first-order chi connectivity index (χ1) is 14.8. The quantitative estimate of drug-likeness (QED) is 0.480.